The summed E-state index contributed by atoms with van der Waals surface area (Å²) >= 11 is 3.28. The molecule has 1 rings (SSSR count). The largest absolute Gasteiger partial charge is 0.480 e. The lowest BCUT2D eigenvalue weighted by Crippen LogP contribution is -2.36. The highest BCUT2D eigenvalue weighted by Crippen LogP contribution is 2.25. The van der Waals surface area contributed by atoms with Crippen molar-refractivity contribution >= 4 is 31.9 Å². The van der Waals surface area contributed by atoms with Gasteiger partial charge >= 0.3 is 5.97 Å². The van der Waals surface area contributed by atoms with Gasteiger partial charge in [-0.3, -0.25) is 4.79 Å². The van der Waals surface area contributed by atoms with Crippen molar-refractivity contribution < 1.29 is 18.3 Å². The zero-order valence-corrected chi connectivity index (χ0v) is 13.2. The summed E-state index contributed by atoms with van der Waals surface area (Å²) in [6.07, 6.45) is 0.555. The van der Waals surface area contributed by atoms with Gasteiger partial charge in [0.05, 0.1) is 4.90 Å². The highest BCUT2D eigenvalue weighted by molar-refractivity contribution is 9.10. The van der Waals surface area contributed by atoms with Crippen LogP contribution >= 0.6 is 15.9 Å². The maximum atomic E-state index is 12.5. The fourth-order valence-corrected chi connectivity index (χ4v) is 3.92. The van der Waals surface area contributed by atoms with Crippen molar-refractivity contribution in [1.29, 1.82) is 0 Å². The summed E-state index contributed by atoms with van der Waals surface area (Å²) in [6, 6.07) is 4.85. The van der Waals surface area contributed by atoms with Crippen LogP contribution in [0.25, 0.3) is 0 Å². The van der Waals surface area contributed by atoms with Crippen LogP contribution in [0.5, 0.6) is 0 Å². The van der Waals surface area contributed by atoms with Crippen LogP contribution in [0.3, 0.4) is 0 Å². The number of sulfonamides is 1. The lowest BCUT2D eigenvalue weighted by molar-refractivity contribution is -0.137. The predicted molar refractivity (Wildman–Crippen MR) is 75.6 cm³/mol. The van der Waals surface area contributed by atoms with Crippen molar-refractivity contribution in [2.75, 3.05) is 13.1 Å². The van der Waals surface area contributed by atoms with Crippen LogP contribution < -0.4 is 0 Å². The van der Waals surface area contributed by atoms with Crippen molar-refractivity contribution in [2.45, 2.75) is 25.2 Å². The van der Waals surface area contributed by atoms with E-state index in [2.05, 4.69) is 15.9 Å². The Hall–Kier alpha value is -0.920. The summed E-state index contributed by atoms with van der Waals surface area (Å²) in [5.74, 6) is -1.16. The van der Waals surface area contributed by atoms with Gasteiger partial charge in [-0.25, -0.2) is 8.42 Å². The third-order valence-electron chi connectivity index (χ3n) is 2.62. The zero-order chi connectivity index (χ0) is 14.6. The number of hydrogen-bond donors (Lipinski definition) is 1. The highest BCUT2D eigenvalue weighted by atomic mass is 79.9. The Kier molecular flexibility index (Phi) is 5.51. The van der Waals surface area contributed by atoms with Crippen molar-refractivity contribution in [3.63, 3.8) is 0 Å². The lowest BCUT2D eigenvalue weighted by atomic mass is 10.2. The molecule has 1 aromatic carbocycles. The molecule has 0 saturated heterocycles. The first-order valence-corrected chi connectivity index (χ1v) is 8.01. The molecule has 0 radical (unpaired) electrons. The molecular weight excluding hydrogens is 334 g/mol. The molecule has 0 unspecified atom stereocenters. The first-order valence-electron chi connectivity index (χ1n) is 5.77. The van der Waals surface area contributed by atoms with Gasteiger partial charge in [0.1, 0.15) is 6.54 Å². The molecule has 1 N–H and O–H groups in total. The van der Waals surface area contributed by atoms with E-state index in [0.29, 0.717) is 16.5 Å². The van der Waals surface area contributed by atoms with E-state index in [9.17, 15) is 13.2 Å². The van der Waals surface area contributed by atoms with Crippen LogP contribution in [0.1, 0.15) is 18.9 Å². The van der Waals surface area contributed by atoms with Crippen LogP contribution in [0.15, 0.2) is 27.6 Å². The van der Waals surface area contributed by atoms with Crippen molar-refractivity contribution in [1.82, 2.24) is 4.31 Å². The van der Waals surface area contributed by atoms with E-state index in [4.69, 9.17) is 5.11 Å². The van der Waals surface area contributed by atoms with Gasteiger partial charge in [-0.1, -0.05) is 28.9 Å². The Balaban J connectivity index is 3.26. The van der Waals surface area contributed by atoms with Crippen LogP contribution in [0, 0.1) is 6.92 Å². The Morgan fingerprint density at radius 3 is 2.58 bits per heavy atom. The van der Waals surface area contributed by atoms with Gasteiger partial charge in [-0.2, -0.15) is 4.31 Å². The van der Waals surface area contributed by atoms with Crippen molar-refractivity contribution in [3.05, 3.63) is 28.2 Å². The van der Waals surface area contributed by atoms with Gasteiger partial charge in [0.2, 0.25) is 10.0 Å². The quantitative estimate of drug-likeness (QED) is 0.854. The smallest absolute Gasteiger partial charge is 0.318 e. The molecule has 0 saturated carbocycles. The third kappa shape index (κ3) is 3.77. The van der Waals surface area contributed by atoms with Crippen LogP contribution in [0.2, 0.25) is 0 Å². The molecule has 0 spiro atoms. The molecule has 1 aromatic rings. The number of carboxylic acid groups (broad SMARTS) is 1. The van der Waals surface area contributed by atoms with Crippen LogP contribution in [-0.4, -0.2) is 36.9 Å². The van der Waals surface area contributed by atoms with E-state index in [-0.39, 0.29) is 11.4 Å². The summed E-state index contributed by atoms with van der Waals surface area (Å²) in [6.45, 7) is 3.14. The Labute approximate surface area is 121 Å². The van der Waals surface area contributed by atoms with Gasteiger partial charge < -0.3 is 5.11 Å². The third-order valence-corrected chi connectivity index (χ3v) is 5.47. The van der Waals surface area contributed by atoms with E-state index >= 15 is 0 Å². The summed E-state index contributed by atoms with van der Waals surface area (Å²) in [7, 11) is -3.79. The number of rotatable bonds is 6. The molecule has 0 atom stereocenters. The normalized spacial score (nSPS) is 11.8. The predicted octanol–water partition coefficient (Wildman–Crippen LogP) is 2.24. The van der Waals surface area contributed by atoms with Gasteiger partial charge in [-0.05, 0) is 31.0 Å². The minimum Gasteiger partial charge on any atom is -0.480 e. The monoisotopic (exact) mass is 349 g/mol. The minimum atomic E-state index is -3.79. The first kappa shape index (κ1) is 16.1. The number of halogens is 1. The van der Waals surface area contributed by atoms with E-state index < -0.39 is 22.5 Å². The standard InChI is InChI=1S/C12H16BrNO4S/c1-3-7-14(8-12(15)16)19(17,18)11-6-4-5-10(13)9(11)2/h4-6H,3,7-8H2,1-2H3,(H,15,16). The molecular formula is C12H16BrNO4S. The maximum Gasteiger partial charge on any atom is 0.318 e. The van der Waals surface area contributed by atoms with Crippen LogP contribution in [-0.2, 0) is 14.8 Å². The Morgan fingerprint density at radius 1 is 1.42 bits per heavy atom. The molecule has 0 fully saturated rings. The second kappa shape index (κ2) is 6.49. The molecule has 0 amide bonds. The van der Waals surface area contributed by atoms with Gasteiger partial charge in [-0.15, -0.1) is 0 Å². The Morgan fingerprint density at radius 2 is 2.05 bits per heavy atom. The summed E-state index contributed by atoms with van der Waals surface area (Å²) < 4.78 is 26.6. The average molecular weight is 350 g/mol. The summed E-state index contributed by atoms with van der Waals surface area (Å²) in [5, 5.41) is 8.83. The second-order valence-electron chi connectivity index (χ2n) is 4.10. The van der Waals surface area contributed by atoms with Crippen molar-refractivity contribution in [2.24, 2.45) is 0 Å². The SMILES string of the molecule is CCCN(CC(=O)O)S(=O)(=O)c1cccc(Br)c1C. The Bertz CT molecular complexity index is 571. The average Bonchev–Trinajstić information content (AvgIpc) is 2.31. The molecule has 19 heavy (non-hydrogen) atoms. The van der Waals surface area contributed by atoms with Crippen LogP contribution in [0.4, 0.5) is 0 Å². The fourth-order valence-electron chi connectivity index (χ4n) is 1.69. The number of carbonyl (C=O) groups is 1. The molecule has 0 aromatic heterocycles. The van der Waals surface area contributed by atoms with E-state index in [0.717, 1.165) is 4.31 Å². The number of hydrogen-bond acceptors (Lipinski definition) is 3. The summed E-state index contributed by atoms with van der Waals surface area (Å²) in [4.78, 5) is 10.9. The molecule has 0 bridgehead atoms. The molecule has 7 heteroatoms. The molecule has 106 valence electrons. The van der Waals surface area contributed by atoms with E-state index in [1.165, 1.54) is 6.07 Å². The molecule has 5 nitrogen and oxygen atoms in total. The molecule has 0 heterocycles. The van der Waals surface area contributed by atoms with Gasteiger partial charge in [0.15, 0.2) is 0 Å². The first-order chi connectivity index (χ1) is 8.80. The zero-order valence-electron chi connectivity index (χ0n) is 10.8. The number of aliphatic carboxylic acids is 1. The maximum absolute atomic E-state index is 12.5. The lowest BCUT2D eigenvalue weighted by Gasteiger charge is -2.21. The highest BCUT2D eigenvalue weighted by Gasteiger charge is 2.27. The van der Waals surface area contributed by atoms with Gasteiger partial charge in [0, 0.05) is 11.0 Å². The summed E-state index contributed by atoms with van der Waals surface area (Å²) in [5.41, 5.74) is 0.578. The minimum absolute atomic E-state index is 0.136. The molecule has 0 aliphatic carbocycles. The van der Waals surface area contributed by atoms with E-state index in [1.807, 2.05) is 0 Å². The fraction of sp³-hybridized carbons (Fsp3) is 0.417. The van der Waals surface area contributed by atoms with Crippen molar-refractivity contribution in [3.8, 4) is 0 Å². The van der Waals surface area contributed by atoms with Gasteiger partial charge in [0.25, 0.3) is 0 Å². The van der Waals surface area contributed by atoms with E-state index in [1.54, 1.807) is 26.0 Å². The second-order valence-corrected chi connectivity index (χ2v) is 6.86. The number of carboxylic acids is 1. The number of benzene rings is 1. The molecule has 0 aliphatic heterocycles. The molecule has 0 aliphatic rings. The number of nitrogens with zero attached hydrogens (tertiary/aromatic N) is 1. The topological polar surface area (TPSA) is 74.7 Å².